The number of nitrogens with one attached hydrogen (secondary N) is 1. The zero-order valence-electron chi connectivity index (χ0n) is 9.60. The third kappa shape index (κ3) is 13.8. The van der Waals surface area contributed by atoms with Crippen molar-refractivity contribution in [2.45, 2.75) is 6.92 Å². The van der Waals surface area contributed by atoms with Crippen molar-refractivity contribution in [3.63, 3.8) is 0 Å². The Morgan fingerprint density at radius 3 is 1.76 bits per heavy atom. The van der Waals surface area contributed by atoms with Crippen LogP contribution in [0.2, 0.25) is 0 Å². The number of hydrogen-bond donors (Lipinski definition) is 1. The molecule has 0 radical (unpaired) electrons. The van der Waals surface area contributed by atoms with E-state index in [9.17, 15) is 9.59 Å². The molecule has 0 aromatic rings. The number of esters is 2. The Labute approximate surface area is 99.4 Å². The fraction of sp³-hybridized carbons (Fsp3) is 0.364. The molecular weight excluding hydrogens is 226 g/mol. The lowest BCUT2D eigenvalue weighted by atomic mass is 10.2. The third-order valence-corrected chi connectivity index (χ3v) is 1.35. The lowest BCUT2D eigenvalue weighted by Crippen LogP contribution is -2.16. The van der Waals surface area contributed by atoms with Gasteiger partial charge in [-0.25, -0.2) is 19.8 Å². The second-order valence-electron chi connectivity index (χ2n) is 2.88. The monoisotopic (exact) mass is 241 g/mol. The van der Waals surface area contributed by atoms with Crippen molar-refractivity contribution in [3.05, 3.63) is 25.3 Å². The van der Waals surface area contributed by atoms with Crippen LogP contribution in [0.5, 0.6) is 0 Å². The van der Waals surface area contributed by atoms with E-state index in [1.807, 2.05) is 0 Å². The molecule has 0 aliphatic rings. The molecule has 0 unspecified atom stereocenters. The standard InChI is InChI=1S/C10H14O4.CHNO/c1-4-9(11)13-6-8(3)7-14-10(12)5-2;2-1-3/h4-5,8H,1-2,6-7H2,3H3;2H. The highest BCUT2D eigenvalue weighted by atomic mass is 16.5. The molecule has 0 atom stereocenters. The zero-order valence-corrected chi connectivity index (χ0v) is 9.60. The average Bonchev–Trinajstić information content (AvgIpc) is 2.33. The Hall–Kier alpha value is -2.20. The summed E-state index contributed by atoms with van der Waals surface area (Å²) in [6.07, 6.45) is 2.92. The van der Waals surface area contributed by atoms with E-state index in [1.54, 1.807) is 6.92 Å². The van der Waals surface area contributed by atoms with Gasteiger partial charge in [-0.05, 0) is 0 Å². The summed E-state index contributed by atoms with van der Waals surface area (Å²) in [6, 6.07) is 0. The van der Waals surface area contributed by atoms with Crippen molar-refractivity contribution in [3.8, 4) is 0 Å². The van der Waals surface area contributed by atoms with E-state index in [2.05, 4.69) is 13.2 Å². The van der Waals surface area contributed by atoms with Crippen LogP contribution in [0.4, 0.5) is 0 Å². The van der Waals surface area contributed by atoms with Crippen LogP contribution in [0, 0.1) is 11.3 Å². The van der Waals surface area contributed by atoms with Crippen molar-refractivity contribution in [2.24, 2.45) is 5.92 Å². The molecule has 0 aliphatic carbocycles. The molecule has 6 nitrogen and oxygen atoms in total. The molecule has 0 fully saturated rings. The van der Waals surface area contributed by atoms with Crippen LogP contribution in [0.15, 0.2) is 25.3 Å². The highest BCUT2D eigenvalue weighted by Crippen LogP contribution is 1.98. The van der Waals surface area contributed by atoms with Gasteiger partial charge in [-0.15, -0.1) is 0 Å². The minimum Gasteiger partial charge on any atom is -0.462 e. The first-order valence-corrected chi connectivity index (χ1v) is 4.64. The van der Waals surface area contributed by atoms with Gasteiger partial charge >= 0.3 is 11.9 Å². The summed E-state index contributed by atoms with van der Waals surface area (Å²) in [5.74, 6) is -0.999. The normalized spacial score (nSPS) is 8.12. The summed E-state index contributed by atoms with van der Waals surface area (Å²) >= 11 is 0. The van der Waals surface area contributed by atoms with Crippen molar-refractivity contribution in [2.75, 3.05) is 13.2 Å². The molecule has 17 heavy (non-hydrogen) atoms. The molecule has 6 heteroatoms. The van der Waals surface area contributed by atoms with Crippen LogP contribution < -0.4 is 0 Å². The van der Waals surface area contributed by atoms with Crippen LogP contribution in [0.25, 0.3) is 0 Å². The van der Waals surface area contributed by atoms with E-state index in [0.29, 0.717) is 0 Å². The van der Waals surface area contributed by atoms with Gasteiger partial charge in [0.15, 0.2) is 0 Å². The van der Waals surface area contributed by atoms with Crippen molar-refractivity contribution >= 4 is 18.0 Å². The number of carbonyl (C=O) groups excluding carboxylic acids is 3. The third-order valence-electron chi connectivity index (χ3n) is 1.35. The van der Waals surface area contributed by atoms with E-state index in [4.69, 9.17) is 19.7 Å². The molecule has 0 heterocycles. The van der Waals surface area contributed by atoms with Crippen LogP contribution in [-0.2, 0) is 23.9 Å². The highest BCUT2D eigenvalue weighted by Gasteiger charge is 2.06. The van der Waals surface area contributed by atoms with Crippen LogP contribution in [-0.4, -0.2) is 31.2 Å². The van der Waals surface area contributed by atoms with Gasteiger partial charge in [-0.1, -0.05) is 20.1 Å². The van der Waals surface area contributed by atoms with Gasteiger partial charge in [0, 0.05) is 18.1 Å². The van der Waals surface area contributed by atoms with Gasteiger partial charge in [0.2, 0.25) is 6.08 Å². The van der Waals surface area contributed by atoms with E-state index >= 15 is 0 Å². The summed E-state index contributed by atoms with van der Waals surface area (Å²) in [4.78, 5) is 29.6. The molecule has 0 aromatic carbocycles. The lowest BCUT2D eigenvalue weighted by molar-refractivity contribution is -0.142. The molecule has 0 spiro atoms. The first-order valence-electron chi connectivity index (χ1n) is 4.64. The fourth-order valence-corrected chi connectivity index (χ4v) is 0.615. The van der Waals surface area contributed by atoms with E-state index in [-0.39, 0.29) is 19.1 Å². The van der Waals surface area contributed by atoms with Crippen LogP contribution in [0.3, 0.4) is 0 Å². The maximum Gasteiger partial charge on any atom is 0.330 e. The van der Waals surface area contributed by atoms with Crippen molar-refractivity contribution in [1.29, 1.82) is 5.41 Å². The predicted octanol–water partition coefficient (Wildman–Crippen LogP) is 0.982. The predicted molar refractivity (Wildman–Crippen MR) is 59.9 cm³/mol. The maximum absolute atomic E-state index is 10.6. The Kier molecular flexibility index (Phi) is 12.0. The largest absolute Gasteiger partial charge is 0.462 e. The number of ether oxygens (including phenoxy) is 2. The van der Waals surface area contributed by atoms with Gasteiger partial charge in [0.25, 0.3) is 0 Å². The van der Waals surface area contributed by atoms with Gasteiger partial charge < -0.3 is 9.47 Å². The molecular formula is C11H15NO5. The lowest BCUT2D eigenvalue weighted by Gasteiger charge is -2.10. The van der Waals surface area contributed by atoms with Crippen LogP contribution in [0.1, 0.15) is 6.92 Å². The molecule has 0 amide bonds. The molecule has 0 rings (SSSR count). The smallest absolute Gasteiger partial charge is 0.330 e. The molecule has 0 aliphatic heterocycles. The summed E-state index contributed by atoms with van der Waals surface area (Å²) < 4.78 is 9.49. The average molecular weight is 241 g/mol. The minimum absolute atomic E-state index is 0.0391. The summed E-state index contributed by atoms with van der Waals surface area (Å²) in [6.45, 7) is 8.71. The molecule has 94 valence electrons. The van der Waals surface area contributed by atoms with Gasteiger partial charge in [0.1, 0.15) is 0 Å². The van der Waals surface area contributed by atoms with E-state index < -0.39 is 11.9 Å². The Morgan fingerprint density at radius 2 is 1.53 bits per heavy atom. The number of hydrogen-bond acceptors (Lipinski definition) is 6. The molecule has 1 N–H and O–H groups in total. The second kappa shape index (κ2) is 11.9. The molecule has 0 saturated heterocycles. The second-order valence-corrected chi connectivity index (χ2v) is 2.88. The van der Waals surface area contributed by atoms with E-state index in [0.717, 1.165) is 18.2 Å². The Bertz CT molecular complexity index is 281. The summed E-state index contributed by atoms with van der Waals surface area (Å²) in [7, 11) is 0. The van der Waals surface area contributed by atoms with Crippen LogP contribution >= 0.6 is 0 Å². The van der Waals surface area contributed by atoms with Gasteiger partial charge in [0.05, 0.1) is 13.2 Å². The number of isocyanates is 1. The van der Waals surface area contributed by atoms with E-state index in [1.165, 1.54) is 0 Å². The molecule has 0 bridgehead atoms. The topological polar surface area (TPSA) is 93.5 Å². The maximum atomic E-state index is 10.6. The fourth-order valence-electron chi connectivity index (χ4n) is 0.615. The zero-order chi connectivity index (χ0) is 13.7. The Balaban J connectivity index is 0. The Morgan fingerprint density at radius 1 is 1.24 bits per heavy atom. The summed E-state index contributed by atoms with van der Waals surface area (Å²) in [5, 5.41) is 5.40. The number of carbonyl (C=O) groups is 2. The van der Waals surface area contributed by atoms with Crippen molar-refractivity contribution < 1.29 is 23.9 Å². The number of rotatable bonds is 6. The molecule has 0 saturated carbocycles. The highest BCUT2D eigenvalue weighted by molar-refractivity contribution is 5.81. The first-order chi connectivity index (χ1) is 8.01. The minimum atomic E-state index is -0.480. The van der Waals surface area contributed by atoms with Gasteiger partial charge in [-0.3, -0.25) is 0 Å². The van der Waals surface area contributed by atoms with Gasteiger partial charge in [-0.2, -0.15) is 0 Å². The summed E-state index contributed by atoms with van der Waals surface area (Å²) in [5.41, 5.74) is 0. The van der Waals surface area contributed by atoms with Crippen molar-refractivity contribution in [1.82, 2.24) is 0 Å². The molecule has 0 aromatic heterocycles. The quantitative estimate of drug-likeness (QED) is 0.324. The first kappa shape index (κ1) is 17.2. The SMILES string of the molecule is C=CC(=O)OCC(C)COC(=O)C=C.N=C=O.